The Bertz CT molecular complexity index is 432. The predicted octanol–water partition coefficient (Wildman–Crippen LogP) is 3.04. The van der Waals surface area contributed by atoms with Gasteiger partial charge in [-0.05, 0) is 43.4 Å². The van der Waals surface area contributed by atoms with Gasteiger partial charge in [-0.15, -0.1) is 11.8 Å². The van der Waals surface area contributed by atoms with Crippen LogP contribution < -0.4 is 10.6 Å². The lowest BCUT2D eigenvalue weighted by atomic mass is 10.2. The molecule has 0 aromatic heterocycles. The summed E-state index contributed by atoms with van der Waals surface area (Å²) < 4.78 is 0. The van der Waals surface area contributed by atoms with Gasteiger partial charge >= 0.3 is 0 Å². The monoisotopic (exact) mass is 294 g/mol. The van der Waals surface area contributed by atoms with E-state index in [1.807, 2.05) is 30.5 Å². The van der Waals surface area contributed by atoms with E-state index < -0.39 is 0 Å². The third-order valence-corrected chi connectivity index (χ3v) is 3.57. The van der Waals surface area contributed by atoms with Crippen molar-refractivity contribution in [3.05, 3.63) is 24.3 Å². The van der Waals surface area contributed by atoms with Gasteiger partial charge < -0.3 is 10.6 Å². The SMILES string of the molecule is CSc1ccc(NC(=O)CCCCCNC(C)=O)cc1. The van der Waals surface area contributed by atoms with Crippen LogP contribution in [0.15, 0.2) is 29.2 Å². The minimum Gasteiger partial charge on any atom is -0.356 e. The summed E-state index contributed by atoms with van der Waals surface area (Å²) in [5.74, 6) is 0.0397. The highest BCUT2D eigenvalue weighted by Gasteiger charge is 2.02. The zero-order valence-electron chi connectivity index (χ0n) is 12.1. The van der Waals surface area contributed by atoms with Crippen LogP contribution in [0, 0.1) is 0 Å². The summed E-state index contributed by atoms with van der Waals surface area (Å²) in [6, 6.07) is 7.82. The van der Waals surface area contributed by atoms with E-state index in [0.717, 1.165) is 24.9 Å². The average Bonchev–Trinajstić information content (AvgIpc) is 2.43. The lowest BCUT2D eigenvalue weighted by Crippen LogP contribution is -2.20. The molecule has 5 heteroatoms. The first kappa shape index (κ1) is 16.6. The molecule has 0 bridgehead atoms. The van der Waals surface area contributed by atoms with Gasteiger partial charge in [0.2, 0.25) is 11.8 Å². The van der Waals surface area contributed by atoms with Crippen LogP contribution in [0.2, 0.25) is 0 Å². The van der Waals surface area contributed by atoms with Crippen molar-refractivity contribution in [2.75, 3.05) is 18.1 Å². The number of unbranched alkanes of at least 4 members (excludes halogenated alkanes) is 2. The van der Waals surface area contributed by atoms with Gasteiger partial charge in [0.25, 0.3) is 0 Å². The van der Waals surface area contributed by atoms with Crippen LogP contribution in [0.4, 0.5) is 5.69 Å². The summed E-state index contributed by atoms with van der Waals surface area (Å²) in [6.45, 7) is 2.20. The Labute approximate surface area is 124 Å². The van der Waals surface area contributed by atoms with Crippen LogP contribution >= 0.6 is 11.8 Å². The molecule has 0 aliphatic carbocycles. The second-order valence-electron chi connectivity index (χ2n) is 4.57. The van der Waals surface area contributed by atoms with Gasteiger partial charge in [-0.2, -0.15) is 0 Å². The highest BCUT2D eigenvalue weighted by atomic mass is 32.2. The van der Waals surface area contributed by atoms with Crippen molar-refractivity contribution in [1.29, 1.82) is 0 Å². The fourth-order valence-corrected chi connectivity index (χ4v) is 2.16. The van der Waals surface area contributed by atoms with E-state index in [0.29, 0.717) is 13.0 Å². The molecule has 0 aliphatic rings. The maximum atomic E-state index is 11.7. The Balaban J connectivity index is 2.15. The number of carbonyl (C=O) groups is 2. The molecular formula is C15H22N2O2S. The molecule has 2 N–H and O–H groups in total. The fraction of sp³-hybridized carbons (Fsp3) is 0.467. The topological polar surface area (TPSA) is 58.2 Å². The van der Waals surface area contributed by atoms with E-state index in [-0.39, 0.29) is 11.8 Å². The first-order valence-electron chi connectivity index (χ1n) is 6.80. The van der Waals surface area contributed by atoms with E-state index in [9.17, 15) is 9.59 Å². The summed E-state index contributed by atoms with van der Waals surface area (Å²) in [4.78, 5) is 23.6. The average molecular weight is 294 g/mol. The van der Waals surface area contributed by atoms with Crippen LogP contribution in [0.5, 0.6) is 0 Å². The third-order valence-electron chi connectivity index (χ3n) is 2.83. The van der Waals surface area contributed by atoms with Crippen LogP contribution in [-0.2, 0) is 9.59 Å². The van der Waals surface area contributed by atoms with Crippen LogP contribution in [0.3, 0.4) is 0 Å². The molecule has 0 heterocycles. The second kappa shape index (κ2) is 9.42. The number of thioether (sulfide) groups is 1. The maximum absolute atomic E-state index is 11.7. The van der Waals surface area contributed by atoms with Crippen LogP contribution in [0.25, 0.3) is 0 Å². The quantitative estimate of drug-likeness (QED) is 0.572. The fourth-order valence-electron chi connectivity index (χ4n) is 1.75. The molecule has 0 atom stereocenters. The van der Waals surface area contributed by atoms with Gasteiger partial charge in [0.05, 0.1) is 0 Å². The minimum absolute atomic E-state index is 0.00330. The first-order valence-corrected chi connectivity index (χ1v) is 8.02. The van der Waals surface area contributed by atoms with Crippen LogP contribution in [0.1, 0.15) is 32.6 Å². The molecule has 0 saturated heterocycles. The van der Waals surface area contributed by atoms with E-state index in [1.54, 1.807) is 11.8 Å². The van der Waals surface area contributed by atoms with Gasteiger partial charge in [-0.1, -0.05) is 6.42 Å². The second-order valence-corrected chi connectivity index (χ2v) is 5.45. The maximum Gasteiger partial charge on any atom is 0.224 e. The largest absolute Gasteiger partial charge is 0.356 e. The Morgan fingerprint density at radius 2 is 1.80 bits per heavy atom. The number of hydrogen-bond donors (Lipinski definition) is 2. The van der Waals surface area contributed by atoms with Crippen molar-refractivity contribution in [2.24, 2.45) is 0 Å². The number of amides is 2. The molecule has 0 fully saturated rings. The van der Waals surface area contributed by atoms with Crippen molar-refractivity contribution in [3.63, 3.8) is 0 Å². The summed E-state index contributed by atoms with van der Waals surface area (Å²) in [7, 11) is 0. The molecule has 1 rings (SSSR count). The Morgan fingerprint density at radius 3 is 2.40 bits per heavy atom. The van der Waals surface area contributed by atoms with Gasteiger partial charge in [0, 0.05) is 30.5 Å². The highest BCUT2D eigenvalue weighted by molar-refractivity contribution is 7.98. The molecule has 0 unspecified atom stereocenters. The minimum atomic E-state index is -0.00330. The van der Waals surface area contributed by atoms with E-state index in [4.69, 9.17) is 0 Å². The molecule has 20 heavy (non-hydrogen) atoms. The normalized spacial score (nSPS) is 10.1. The Kier molecular flexibility index (Phi) is 7.80. The van der Waals surface area contributed by atoms with E-state index in [1.165, 1.54) is 11.8 Å². The van der Waals surface area contributed by atoms with Crippen LogP contribution in [-0.4, -0.2) is 24.6 Å². The summed E-state index contributed by atoms with van der Waals surface area (Å²) in [5, 5.41) is 5.63. The molecule has 2 amide bonds. The predicted molar refractivity (Wildman–Crippen MR) is 84.0 cm³/mol. The third kappa shape index (κ3) is 7.19. The molecular weight excluding hydrogens is 272 g/mol. The Hall–Kier alpha value is -1.49. The van der Waals surface area contributed by atoms with Crippen molar-refractivity contribution < 1.29 is 9.59 Å². The summed E-state index contributed by atoms with van der Waals surface area (Å²) in [6.07, 6.45) is 5.24. The molecule has 0 aliphatic heterocycles. The highest BCUT2D eigenvalue weighted by Crippen LogP contribution is 2.17. The number of nitrogens with one attached hydrogen (secondary N) is 2. The lowest BCUT2D eigenvalue weighted by Gasteiger charge is -2.06. The van der Waals surface area contributed by atoms with Gasteiger partial charge in [0.1, 0.15) is 0 Å². The number of carbonyl (C=O) groups excluding carboxylic acids is 2. The molecule has 110 valence electrons. The zero-order chi connectivity index (χ0) is 14.8. The molecule has 4 nitrogen and oxygen atoms in total. The summed E-state index contributed by atoms with van der Waals surface area (Å²) in [5.41, 5.74) is 0.839. The molecule has 1 aromatic carbocycles. The van der Waals surface area contributed by atoms with E-state index in [2.05, 4.69) is 10.6 Å². The van der Waals surface area contributed by atoms with Crippen molar-refractivity contribution in [1.82, 2.24) is 5.32 Å². The number of rotatable bonds is 8. The summed E-state index contributed by atoms with van der Waals surface area (Å²) >= 11 is 1.68. The lowest BCUT2D eigenvalue weighted by molar-refractivity contribution is -0.119. The number of hydrogen-bond acceptors (Lipinski definition) is 3. The first-order chi connectivity index (χ1) is 9.61. The van der Waals surface area contributed by atoms with Crippen molar-refractivity contribution >= 4 is 29.3 Å². The zero-order valence-corrected chi connectivity index (χ0v) is 12.9. The molecule has 1 aromatic rings. The number of benzene rings is 1. The molecule has 0 spiro atoms. The smallest absolute Gasteiger partial charge is 0.224 e. The van der Waals surface area contributed by atoms with Crippen molar-refractivity contribution in [3.8, 4) is 0 Å². The van der Waals surface area contributed by atoms with Gasteiger partial charge in [-0.25, -0.2) is 0 Å². The molecule has 0 saturated carbocycles. The molecule has 0 radical (unpaired) electrons. The number of anilines is 1. The van der Waals surface area contributed by atoms with Gasteiger partial charge in [-0.3, -0.25) is 9.59 Å². The Morgan fingerprint density at radius 1 is 1.10 bits per heavy atom. The van der Waals surface area contributed by atoms with E-state index >= 15 is 0 Å². The van der Waals surface area contributed by atoms with Crippen molar-refractivity contribution in [2.45, 2.75) is 37.5 Å². The van der Waals surface area contributed by atoms with Gasteiger partial charge in [0.15, 0.2) is 0 Å². The standard InChI is InChI=1S/C15H22N2O2S/c1-12(18)16-11-5-3-4-6-15(19)17-13-7-9-14(20-2)10-8-13/h7-10H,3-6,11H2,1-2H3,(H,16,18)(H,17,19).